The molecule has 4 aromatic rings. The quantitative estimate of drug-likeness (QED) is 0.278. The summed E-state index contributed by atoms with van der Waals surface area (Å²) in [6, 6.07) is 25.7. The van der Waals surface area contributed by atoms with Gasteiger partial charge in [-0.15, -0.1) is 0 Å². The summed E-state index contributed by atoms with van der Waals surface area (Å²) in [5.74, 6) is -1.73. The molecular formula is C28H24N4O4. The molecule has 0 spiro atoms. The highest BCUT2D eigenvalue weighted by molar-refractivity contribution is 5.96. The summed E-state index contributed by atoms with van der Waals surface area (Å²) >= 11 is 0. The highest BCUT2D eigenvalue weighted by Crippen LogP contribution is 2.23. The first-order chi connectivity index (χ1) is 17.5. The summed E-state index contributed by atoms with van der Waals surface area (Å²) in [6.45, 7) is 0.124. The van der Waals surface area contributed by atoms with E-state index in [1.54, 1.807) is 6.08 Å². The van der Waals surface area contributed by atoms with Crippen LogP contribution in [-0.4, -0.2) is 34.2 Å². The number of esters is 1. The maximum Gasteiger partial charge on any atom is 0.331 e. The summed E-state index contributed by atoms with van der Waals surface area (Å²) in [7, 11) is 0. The number of nitrogens with two attached hydrogens (primary N) is 1. The Bertz CT molecular complexity index is 1380. The summed E-state index contributed by atoms with van der Waals surface area (Å²) in [6.07, 6.45) is 4.76. The largest absolute Gasteiger partial charge is 0.452 e. The van der Waals surface area contributed by atoms with E-state index in [9.17, 15) is 14.4 Å². The van der Waals surface area contributed by atoms with Crippen molar-refractivity contribution in [3.8, 4) is 11.3 Å². The molecule has 0 saturated heterocycles. The van der Waals surface area contributed by atoms with Crippen molar-refractivity contribution in [2.75, 3.05) is 11.9 Å². The smallest absolute Gasteiger partial charge is 0.331 e. The van der Waals surface area contributed by atoms with Crippen LogP contribution >= 0.6 is 0 Å². The van der Waals surface area contributed by atoms with Gasteiger partial charge in [0.1, 0.15) is 0 Å². The van der Waals surface area contributed by atoms with Crippen LogP contribution in [0.5, 0.6) is 0 Å². The minimum atomic E-state index is -0.663. The van der Waals surface area contributed by atoms with E-state index in [1.807, 2.05) is 71.5 Å². The lowest BCUT2D eigenvalue weighted by atomic mass is 10.1. The Morgan fingerprint density at radius 3 is 2.25 bits per heavy atom. The monoisotopic (exact) mass is 480 g/mol. The van der Waals surface area contributed by atoms with E-state index in [1.165, 1.54) is 30.3 Å². The first kappa shape index (κ1) is 24.2. The Hall–Kier alpha value is -4.98. The van der Waals surface area contributed by atoms with Gasteiger partial charge < -0.3 is 15.8 Å². The van der Waals surface area contributed by atoms with E-state index in [0.29, 0.717) is 17.8 Å². The first-order valence-corrected chi connectivity index (χ1v) is 11.2. The van der Waals surface area contributed by atoms with Crippen molar-refractivity contribution in [2.45, 2.75) is 6.54 Å². The number of benzene rings is 3. The molecule has 36 heavy (non-hydrogen) atoms. The fraction of sp³-hybridized carbons (Fsp3) is 0.0714. The SMILES string of the molecule is NC(=O)c1ccc(NC(=O)COC(=O)/C=C/c2cn(Cc3ccccc3)nc2-c2ccccc2)cc1. The normalized spacial score (nSPS) is 10.8. The van der Waals surface area contributed by atoms with Crippen LogP contribution in [0.25, 0.3) is 17.3 Å². The Morgan fingerprint density at radius 1 is 0.917 bits per heavy atom. The predicted octanol–water partition coefficient (Wildman–Crippen LogP) is 3.89. The van der Waals surface area contributed by atoms with Gasteiger partial charge >= 0.3 is 5.97 Å². The highest BCUT2D eigenvalue weighted by atomic mass is 16.5. The lowest BCUT2D eigenvalue weighted by molar-refractivity contribution is -0.142. The number of primary amides is 1. The van der Waals surface area contributed by atoms with Crippen LogP contribution in [0.4, 0.5) is 5.69 Å². The zero-order valence-electron chi connectivity index (χ0n) is 19.3. The van der Waals surface area contributed by atoms with Crippen molar-refractivity contribution in [3.63, 3.8) is 0 Å². The van der Waals surface area contributed by atoms with Crippen molar-refractivity contribution in [1.29, 1.82) is 0 Å². The van der Waals surface area contributed by atoms with Crippen LogP contribution in [0, 0.1) is 0 Å². The summed E-state index contributed by atoms with van der Waals surface area (Å²) in [5.41, 5.74) is 9.47. The van der Waals surface area contributed by atoms with Crippen molar-refractivity contribution in [1.82, 2.24) is 9.78 Å². The standard InChI is InChI=1S/C28H24N4O4/c29-28(35)22-11-14-24(15-12-22)30-25(33)19-36-26(34)16-13-23-18-32(17-20-7-3-1-4-8-20)31-27(23)21-9-5-2-6-10-21/h1-16,18H,17,19H2,(H2,29,35)(H,30,33)/b16-13+. The van der Waals surface area contributed by atoms with Crippen molar-refractivity contribution >= 4 is 29.5 Å². The van der Waals surface area contributed by atoms with Crippen LogP contribution in [0.3, 0.4) is 0 Å². The number of aromatic nitrogens is 2. The van der Waals surface area contributed by atoms with Gasteiger partial charge in [0.25, 0.3) is 5.91 Å². The number of hydrogen-bond acceptors (Lipinski definition) is 5. The molecule has 3 N–H and O–H groups in total. The van der Waals surface area contributed by atoms with Gasteiger partial charge in [0.05, 0.1) is 12.2 Å². The van der Waals surface area contributed by atoms with Gasteiger partial charge in [-0.3, -0.25) is 14.3 Å². The molecule has 4 rings (SSSR count). The average molecular weight is 481 g/mol. The molecule has 0 fully saturated rings. The molecule has 0 aliphatic rings. The molecule has 0 saturated carbocycles. The highest BCUT2D eigenvalue weighted by Gasteiger charge is 2.11. The molecule has 180 valence electrons. The van der Waals surface area contributed by atoms with E-state index in [2.05, 4.69) is 5.32 Å². The maximum atomic E-state index is 12.3. The van der Waals surface area contributed by atoms with Gasteiger partial charge in [-0.25, -0.2) is 4.79 Å². The van der Waals surface area contributed by atoms with Crippen LogP contribution in [0.2, 0.25) is 0 Å². The predicted molar refractivity (Wildman–Crippen MR) is 137 cm³/mol. The summed E-state index contributed by atoms with van der Waals surface area (Å²) in [4.78, 5) is 35.5. The van der Waals surface area contributed by atoms with Crippen LogP contribution in [-0.2, 0) is 20.9 Å². The Morgan fingerprint density at radius 2 is 1.58 bits per heavy atom. The number of carbonyl (C=O) groups is 3. The van der Waals surface area contributed by atoms with Gasteiger partial charge in [-0.2, -0.15) is 5.10 Å². The zero-order chi connectivity index (χ0) is 25.3. The molecule has 2 amide bonds. The lowest BCUT2D eigenvalue weighted by Gasteiger charge is -2.06. The Kier molecular flexibility index (Phi) is 7.67. The third-order valence-electron chi connectivity index (χ3n) is 5.22. The molecule has 0 bridgehead atoms. The van der Waals surface area contributed by atoms with Crippen molar-refractivity contribution in [2.24, 2.45) is 5.73 Å². The number of ether oxygens (including phenoxy) is 1. The first-order valence-electron chi connectivity index (χ1n) is 11.2. The van der Waals surface area contributed by atoms with Gasteiger partial charge in [0.2, 0.25) is 5.91 Å². The van der Waals surface area contributed by atoms with Gasteiger partial charge in [-0.1, -0.05) is 60.7 Å². The molecule has 0 aliphatic carbocycles. The summed E-state index contributed by atoms with van der Waals surface area (Å²) < 4.78 is 6.89. The van der Waals surface area contributed by atoms with Gasteiger partial charge in [0, 0.05) is 34.7 Å². The molecule has 1 aromatic heterocycles. The minimum Gasteiger partial charge on any atom is -0.452 e. The van der Waals surface area contributed by atoms with E-state index in [4.69, 9.17) is 15.6 Å². The number of nitrogens with zero attached hydrogens (tertiary/aromatic N) is 2. The number of hydrogen-bond donors (Lipinski definition) is 2. The van der Waals surface area contributed by atoms with E-state index in [-0.39, 0.29) is 0 Å². The fourth-order valence-electron chi connectivity index (χ4n) is 3.49. The Balaban J connectivity index is 1.40. The van der Waals surface area contributed by atoms with E-state index >= 15 is 0 Å². The maximum absolute atomic E-state index is 12.3. The molecule has 0 atom stereocenters. The third-order valence-corrected chi connectivity index (χ3v) is 5.22. The fourth-order valence-corrected chi connectivity index (χ4v) is 3.49. The number of carbonyl (C=O) groups excluding carboxylic acids is 3. The molecule has 0 unspecified atom stereocenters. The second-order valence-electron chi connectivity index (χ2n) is 7.91. The van der Waals surface area contributed by atoms with Crippen molar-refractivity contribution in [3.05, 3.63) is 114 Å². The number of amides is 2. The van der Waals surface area contributed by atoms with Crippen LogP contribution in [0.1, 0.15) is 21.5 Å². The summed E-state index contributed by atoms with van der Waals surface area (Å²) in [5, 5.41) is 7.30. The van der Waals surface area contributed by atoms with Crippen LogP contribution < -0.4 is 11.1 Å². The third kappa shape index (κ3) is 6.54. The van der Waals surface area contributed by atoms with Gasteiger partial charge in [-0.05, 0) is 35.9 Å². The second kappa shape index (κ2) is 11.4. The molecule has 8 heteroatoms. The molecule has 0 radical (unpaired) electrons. The number of rotatable bonds is 9. The van der Waals surface area contributed by atoms with Gasteiger partial charge in [0.15, 0.2) is 6.61 Å². The molecule has 0 aliphatic heterocycles. The average Bonchev–Trinajstić information content (AvgIpc) is 3.30. The second-order valence-corrected chi connectivity index (χ2v) is 7.91. The zero-order valence-corrected chi connectivity index (χ0v) is 19.3. The van der Waals surface area contributed by atoms with E-state index < -0.39 is 24.4 Å². The molecule has 3 aromatic carbocycles. The molecule has 1 heterocycles. The Labute approximate surface area is 208 Å². The van der Waals surface area contributed by atoms with Crippen LogP contribution in [0.15, 0.2) is 97.2 Å². The number of anilines is 1. The minimum absolute atomic E-state index is 0.325. The number of nitrogens with one attached hydrogen (secondary N) is 1. The lowest BCUT2D eigenvalue weighted by Crippen LogP contribution is -2.20. The topological polar surface area (TPSA) is 116 Å². The van der Waals surface area contributed by atoms with Crippen molar-refractivity contribution < 1.29 is 19.1 Å². The molecule has 8 nitrogen and oxygen atoms in total. The van der Waals surface area contributed by atoms with E-state index in [0.717, 1.165) is 22.4 Å². The molecular weight excluding hydrogens is 456 g/mol.